The molecule has 1 heterocycles. The van der Waals surface area contributed by atoms with Crippen molar-refractivity contribution in [1.29, 1.82) is 0 Å². The van der Waals surface area contributed by atoms with Crippen LogP contribution in [0.4, 0.5) is 0 Å². The van der Waals surface area contributed by atoms with Crippen LogP contribution >= 0.6 is 0 Å². The summed E-state index contributed by atoms with van der Waals surface area (Å²) in [6.07, 6.45) is 1.73. The second kappa shape index (κ2) is 7.25. The lowest BCUT2D eigenvalue weighted by atomic mass is 9.86. The fraction of sp³-hybridized carbons (Fsp3) is 0.611. The van der Waals surface area contributed by atoms with Crippen LogP contribution in [-0.4, -0.2) is 30.3 Å². The quantitative estimate of drug-likeness (QED) is 0.879. The van der Waals surface area contributed by atoms with Gasteiger partial charge in [-0.1, -0.05) is 45.0 Å². The molecule has 1 fully saturated rings. The molecule has 4 heteroatoms. The number of rotatable bonds is 5. The molecule has 0 saturated carbocycles. The first-order valence-electron chi connectivity index (χ1n) is 8.03. The van der Waals surface area contributed by atoms with Gasteiger partial charge >= 0.3 is 0 Å². The van der Waals surface area contributed by atoms with Gasteiger partial charge in [-0.3, -0.25) is 4.79 Å². The van der Waals surface area contributed by atoms with Crippen molar-refractivity contribution in [2.75, 3.05) is 13.2 Å². The van der Waals surface area contributed by atoms with E-state index in [-0.39, 0.29) is 24.0 Å². The predicted octanol–water partition coefficient (Wildman–Crippen LogP) is 2.70. The van der Waals surface area contributed by atoms with Gasteiger partial charge in [0.25, 0.3) is 0 Å². The zero-order valence-electron chi connectivity index (χ0n) is 13.8. The highest BCUT2D eigenvalue weighted by Gasteiger charge is 2.20. The van der Waals surface area contributed by atoms with Crippen LogP contribution in [0.2, 0.25) is 0 Å². The van der Waals surface area contributed by atoms with Gasteiger partial charge in [0, 0.05) is 13.2 Å². The van der Waals surface area contributed by atoms with Crippen LogP contribution in [0.15, 0.2) is 24.3 Å². The summed E-state index contributed by atoms with van der Waals surface area (Å²) in [7, 11) is 0. The number of benzene rings is 1. The molecular weight excluding hydrogens is 278 g/mol. The summed E-state index contributed by atoms with van der Waals surface area (Å²) in [5.74, 6) is -0.0581. The maximum Gasteiger partial charge on any atom is 0.222 e. The molecule has 1 aliphatic heterocycles. The van der Waals surface area contributed by atoms with Crippen molar-refractivity contribution in [2.45, 2.75) is 57.7 Å². The molecule has 2 N–H and O–H groups in total. The molecule has 4 nitrogen and oxygen atoms in total. The third kappa shape index (κ3) is 4.82. The van der Waals surface area contributed by atoms with E-state index in [0.29, 0.717) is 6.42 Å². The van der Waals surface area contributed by atoms with Crippen molar-refractivity contribution in [3.8, 4) is 0 Å². The minimum atomic E-state index is -0.678. The van der Waals surface area contributed by atoms with Crippen LogP contribution in [0, 0.1) is 0 Å². The summed E-state index contributed by atoms with van der Waals surface area (Å²) in [4.78, 5) is 11.8. The molecule has 1 aromatic carbocycles. The van der Waals surface area contributed by atoms with E-state index in [1.165, 1.54) is 5.56 Å². The summed E-state index contributed by atoms with van der Waals surface area (Å²) >= 11 is 0. The predicted molar refractivity (Wildman–Crippen MR) is 86.7 cm³/mol. The molecule has 122 valence electrons. The summed E-state index contributed by atoms with van der Waals surface area (Å²) in [6, 6.07) is 7.93. The fourth-order valence-electron chi connectivity index (χ4n) is 2.62. The van der Waals surface area contributed by atoms with Gasteiger partial charge in [0.05, 0.1) is 18.6 Å². The third-order valence-corrected chi connectivity index (χ3v) is 4.09. The smallest absolute Gasteiger partial charge is 0.222 e. The highest BCUT2D eigenvalue weighted by Crippen LogP contribution is 2.23. The van der Waals surface area contributed by atoms with Gasteiger partial charge in [-0.15, -0.1) is 0 Å². The first-order chi connectivity index (χ1) is 10.4. The lowest BCUT2D eigenvalue weighted by Crippen LogP contribution is -2.31. The fourth-order valence-corrected chi connectivity index (χ4v) is 2.62. The molecular formula is C18H27NO3. The van der Waals surface area contributed by atoms with E-state index in [0.717, 1.165) is 25.0 Å². The van der Waals surface area contributed by atoms with Crippen LogP contribution in [0.5, 0.6) is 0 Å². The second-order valence-electron chi connectivity index (χ2n) is 7.03. The number of carbonyl (C=O) groups excluding carboxylic acids is 1. The molecule has 22 heavy (non-hydrogen) atoms. The number of carbonyl (C=O) groups is 1. The van der Waals surface area contributed by atoms with Crippen LogP contribution in [0.3, 0.4) is 0 Å². The molecule has 0 radical (unpaired) electrons. The van der Waals surface area contributed by atoms with E-state index in [1.54, 1.807) is 0 Å². The minimum absolute atomic E-state index is 0.0446. The Morgan fingerprint density at radius 2 is 2.05 bits per heavy atom. The van der Waals surface area contributed by atoms with Gasteiger partial charge in [-0.25, -0.2) is 0 Å². The Morgan fingerprint density at radius 1 is 1.36 bits per heavy atom. The summed E-state index contributed by atoms with van der Waals surface area (Å²) < 4.78 is 5.44. The van der Waals surface area contributed by atoms with Crippen LogP contribution in [0.1, 0.15) is 57.3 Å². The Labute approximate surface area is 132 Å². The van der Waals surface area contributed by atoms with Gasteiger partial charge in [0.1, 0.15) is 0 Å². The summed E-state index contributed by atoms with van der Waals surface area (Å²) in [5, 5.41) is 13.0. The number of ether oxygens (including phenoxy) is 1. The van der Waals surface area contributed by atoms with Crippen molar-refractivity contribution in [2.24, 2.45) is 0 Å². The van der Waals surface area contributed by atoms with Crippen molar-refractivity contribution in [3.05, 3.63) is 35.4 Å². The normalized spacial score (nSPS) is 19.9. The second-order valence-corrected chi connectivity index (χ2v) is 7.03. The van der Waals surface area contributed by atoms with Crippen molar-refractivity contribution < 1.29 is 14.6 Å². The number of aliphatic hydroxyl groups is 1. The Morgan fingerprint density at radius 3 is 2.59 bits per heavy atom. The first-order valence-corrected chi connectivity index (χ1v) is 8.03. The maximum absolute atomic E-state index is 11.8. The highest BCUT2D eigenvalue weighted by atomic mass is 16.5. The van der Waals surface area contributed by atoms with Crippen molar-refractivity contribution in [1.82, 2.24) is 5.32 Å². The average Bonchev–Trinajstić information content (AvgIpc) is 2.97. The minimum Gasteiger partial charge on any atom is -0.387 e. The van der Waals surface area contributed by atoms with Crippen molar-refractivity contribution >= 4 is 5.91 Å². The Bertz CT molecular complexity index is 484. The zero-order chi connectivity index (χ0) is 16.2. The molecule has 2 atom stereocenters. The molecule has 0 unspecified atom stereocenters. The summed E-state index contributed by atoms with van der Waals surface area (Å²) in [6.45, 7) is 7.46. The first kappa shape index (κ1) is 17.0. The standard InChI is InChI=1S/C18H27NO3/c1-18(2,3)14-8-6-13(7-9-14)16(20)12-19-17(21)11-15-5-4-10-22-15/h6-9,15-16,20H,4-5,10-12H2,1-3H3,(H,19,21)/t15-,16-/m0/s1. The lowest BCUT2D eigenvalue weighted by Gasteiger charge is -2.20. The molecule has 0 bridgehead atoms. The van der Waals surface area contributed by atoms with Crippen LogP contribution < -0.4 is 5.32 Å². The largest absolute Gasteiger partial charge is 0.387 e. The number of aliphatic hydroxyl groups excluding tert-OH is 1. The Hall–Kier alpha value is -1.39. The van der Waals surface area contributed by atoms with Crippen LogP contribution in [0.25, 0.3) is 0 Å². The monoisotopic (exact) mass is 305 g/mol. The van der Waals surface area contributed by atoms with E-state index < -0.39 is 6.10 Å². The van der Waals surface area contributed by atoms with Gasteiger partial charge in [0.15, 0.2) is 0 Å². The third-order valence-electron chi connectivity index (χ3n) is 4.09. The SMILES string of the molecule is CC(C)(C)c1ccc([C@@H](O)CNC(=O)C[C@@H]2CCCO2)cc1. The van der Waals surface area contributed by atoms with Gasteiger partial charge in [0.2, 0.25) is 5.91 Å². The number of hydrogen-bond donors (Lipinski definition) is 2. The lowest BCUT2D eigenvalue weighted by molar-refractivity contribution is -0.123. The van der Waals surface area contributed by atoms with Crippen LogP contribution in [-0.2, 0) is 14.9 Å². The van der Waals surface area contributed by atoms with Gasteiger partial charge in [-0.05, 0) is 29.4 Å². The van der Waals surface area contributed by atoms with E-state index in [9.17, 15) is 9.90 Å². The molecule has 0 aliphatic carbocycles. The maximum atomic E-state index is 11.8. The van der Waals surface area contributed by atoms with Gasteiger partial charge < -0.3 is 15.2 Å². The molecule has 1 amide bonds. The number of hydrogen-bond acceptors (Lipinski definition) is 3. The highest BCUT2D eigenvalue weighted by molar-refractivity contribution is 5.76. The summed E-state index contributed by atoms with van der Waals surface area (Å²) in [5.41, 5.74) is 2.15. The van der Waals surface area contributed by atoms with E-state index in [1.807, 2.05) is 24.3 Å². The molecule has 0 spiro atoms. The topological polar surface area (TPSA) is 58.6 Å². The molecule has 1 aromatic rings. The molecule has 0 aromatic heterocycles. The zero-order valence-corrected chi connectivity index (χ0v) is 13.8. The average molecular weight is 305 g/mol. The molecule has 1 aliphatic rings. The Kier molecular flexibility index (Phi) is 5.59. The van der Waals surface area contributed by atoms with Crippen molar-refractivity contribution in [3.63, 3.8) is 0 Å². The van der Waals surface area contributed by atoms with E-state index in [2.05, 4.69) is 26.1 Å². The van der Waals surface area contributed by atoms with E-state index in [4.69, 9.17) is 4.74 Å². The molecule has 2 rings (SSSR count). The van der Waals surface area contributed by atoms with E-state index >= 15 is 0 Å². The van der Waals surface area contributed by atoms with Gasteiger partial charge in [-0.2, -0.15) is 0 Å². The Balaban J connectivity index is 1.81. The number of nitrogens with one attached hydrogen (secondary N) is 1. The number of amides is 1. The molecule has 1 saturated heterocycles.